The molecule has 9 nitrogen and oxygen atoms in total. The molecular formula is C14H29N5O4. The summed E-state index contributed by atoms with van der Waals surface area (Å²) in [7, 11) is 0. The lowest BCUT2D eigenvalue weighted by atomic mass is 10.1. The van der Waals surface area contributed by atoms with Crippen LogP contribution < -0.4 is 22.1 Å². The number of nitrogens with one attached hydrogen (secondary N) is 2. The van der Waals surface area contributed by atoms with E-state index >= 15 is 0 Å². The van der Waals surface area contributed by atoms with Crippen LogP contribution in [-0.4, -0.2) is 53.9 Å². The SMILES string of the molecule is NC(N)=NCCCCCCC(=O)NC(O)C(=O)NCCCCO. The third kappa shape index (κ3) is 13.5. The largest absolute Gasteiger partial charge is 0.396 e. The summed E-state index contributed by atoms with van der Waals surface area (Å²) in [6.45, 7) is 0.979. The van der Waals surface area contributed by atoms with Crippen molar-refractivity contribution in [2.24, 2.45) is 16.5 Å². The lowest BCUT2D eigenvalue weighted by Gasteiger charge is -2.13. The highest BCUT2D eigenvalue weighted by Crippen LogP contribution is 2.03. The summed E-state index contributed by atoms with van der Waals surface area (Å²) >= 11 is 0. The number of rotatable bonds is 13. The molecule has 0 saturated carbocycles. The molecule has 23 heavy (non-hydrogen) atoms. The maximum Gasteiger partial charge on any atom is 0.269 e. The summed E-state index contributed by atoms with van der Waals surface area (Å²) in [4.78, 5) is 26.9. The van der Waals surface area contributed by atoms with Crippen LogP contribution in [0.5, 0.6) is 0 Å². The second-order valence-electron chi connectivity index (χ2n) is 5.16. The van der Waals surface area contributed by atoms with E-state index in [1.807, 2.05) is 0 Å². The van der Waals surface area contributed by atoms with Crippen LogP contribution in [0.25, 0.3) is 0 Å². The Kier molecular flexibility index (Phi) is 12.7. The average Bonchev–Trinajstić information content (AvgIpc) is 2.50. The Hall–Kier alpha value is -1.87. The Morgan fingerprint density at radius 1 is 1.04 bits per heavy atom. The second kappa shape index (κ2) is 13.8. The van der Waals surface area contributed by atoms with Gasteiger partial charge in [0.05, 0.1) is 0 Å². The van der Waals surface area contributed by atoms with Crippen molar-refractivity contribution >= 4 is 17.8 Å². The molecule has 0 fully saturated rings. The lowest BCUT2D eigenvalue weighted by molar-refractivity contribution is -0.136. The highest BCUT2D eigenvalue weighted by atomic mass is 16.3. The van der Waals surface area contributed by atoms with Crippen LogP contribution in [0.1, 0.15) is 44.9 Å². The van der Waals surface area contributed by atoms with Gasteiger partial charge in [0.15, 0.2) is 5.96 Å². The molecule has 0 saturated heterocycles. The van der Waals surface area contributed by atoms with Gasteiger partial charge in [0.2, 0.25) is 12.1 Å². The quantitative estimate of drug-likeness (QED) is 0.104. The molecule has 0 aliphatic carbocycles. The summed E-state index contributed by atoms with van der Waals surface area (Å²) in [5.74, 6) is -0.936. The molecule has 9 heteroatoms. The number of nitrogens with zero attached hydrogens (tertiary/aromatic N) is 1. The molecule has 1 unspecified atom stereocenters. The van der Waals surface area contributed by atoms with E-state index in [2.05, 4.69) is 15.6 Å². The number of carbonyl (C=O) groups is 2. The van der Waals surface area contributed by atoms with Crippen molar-refractivity contribution in [1.82, 2.24) is 10.6 Å². The molecule has 0 heterocycles. The number of aliphatic hydroxyl groups is 2. The second-order valence-corrected chi connectivity index (χ2v) is 5.16. The Bertz CT molecular complexity index is 372. The van der Waals surface area contributed by atoms with Crippen LogP contribution in [0, 0.1) is 0 Å². The smallest absolute Gasteiger partial charge is 0.269 e. The van der Waals surface area contributed by atoms with Crippen molar-refractivity contribution in [1.29, 1.82) is 0 Å². The molecule has 0 rings (SSSR count). The van der Waals surface area contributed by atoms with Gasteiger partial charge in [-0.3, -0.25) is 14.6 Å². The third-order valence-electron chi connectivity index (χ3n) is 3.04. The van der Waals surface area contributed by atoms with Gasteiger partial charge in [-0.15, -0.1) is 0 Å². The Balaban J connectivity index is 3.64. The molecular weight excluding hydrogens is 302 g/mol. The number of hydrogen-bond acceptors (Lipinski definition) is 5. The van der Waals surface area contributed by atoms with Crippen molar-refractivity contribution in [3.63, 3.8) is 0 Å². The third-order valence-corrected chi connectivity index (χ3v) is 3.04. The van der Waals surface area contributed by atoms with Gasteiger partial charge in [-0.05, 0) is 25.7 Å². The minimum atomic E-state index is -1.54. The molecule has 0 aliphatic heterocycles. The van der Waals surface area contributed by atoms with Crippen LogP contribution in [0.4, 0.5) is 0 Å². The molecule has 0 radical (unpaired) electrons. The van der Waals surface area contributed by atoms with Gasteiger partial charge >= 0.3 is 0 Å². The summed E-state index contributed by atoms with van der Waals surface area (Å²) in [5, 5.41) is 22.8. The van der Waals surface area contributed by atoms with E-state index in [9.17, 15) is 14.7 Å². The summed E-state index contributed by atoms with van der Waals surface area (Å²) in [5.41, 5.74) is 10.4. The number of hydrogen-bond donors (Lipinski definition) is 6. The highest BCUT2D eigenvalue weighted by Gasteiger charge is 2.16. The fourth-order valence-corrected chi connectivity index (χ4v) is 1.79. The first-order chi connectivity index (χ1) is 11.0. The first kappa shape index (κ1) is 21.1. The van der Waals surface area contributed by atoms with Crippen LogP contribution in [0.15, 0.2) is 4.99 Å². The van der Waals surface area contributed by atoms with Crippen molar-refractivity contribution in [2.45, 2.75) is 51.2 Å². The number of unbranched alkanes of at least 4 members (excludes halogenated alkanes) is 4. The number of aliphatic hydroxyl groups excluding tert-OH is 2. The molecule has 0 aromatic carbocycles. The van der Waals surface area contributed by atoms with E-state index in [4.69, 9.17) is 16.6 Å². The molecule has 0 aromatic rings. The predicted octanol–water partition coefficient (Wildman–Crippen LogP) is -1.47. The number of carbonyl (C=O) groups excluding carboxylic acids is 2. The van der Waals surface area contributed by atoms with Crippen molar-refractivity contribution in [3.8, 4) is 0 Å². The zero-order valence-electron chi connectivity index (χ0n) is 13.5. The fraction of sp³-hybridized carbons (Fsp3) is 0.786. The highest BCUT2D eigenvalue weighted by molar-refractivity contribution is 5.86. The first-order valence-corrected chi connectivity index (χ1v) is 7.88. The molecule has 8 N–H and O–H groups in total. The molecule has 2 amide bonds. The predicted molar refractivity (Wildman–Crippen MR) is 87.2 cm³/mol. The van der Waals surface area contributed by atoms with Crippen LogP contribution >= 0.6 is 0 Å². The molecule has 0 spiro atoms. The Morgan fingerprint density at radius 3 is 2.39 bits per heavy atom. The average molecular weight is 331 g/mol. The van der Waals surface area contributed by atoms with Gasteiger partial charge < -0.3 is 32.3 Å². The molecule has 1 atom stereocenters. The summed E-state index contributed by atoms with van der Waals surface area (Å²) < 4.78 is 0. The van der Waals surface area contributed by atoms with Gasteiger partial charge in [-0.25, -0.2) is 0 Å². The van der Waals surface area contributed by atoms with Gasteiger partial charge in [0.25, 0.3) is 5.91 Å². The molecule has 134 valence electrons. The van der Waals surface area contributed by atoms with E-state index in [1.165, 1.54) is 0 Å². The summed E-state index contributed by atoms with van der Waals surface area (Å²) in [6, 6.07) is 0. The van der Waals surface area contributed by atoms with E-state index in [1.54, 1.807) is 0 Å². The zero-order valence-corrected chi connectivity index (χ0v) is 13.5. The number of nitrogens with two attached hydrogens (primary N) is 2. The van der Waals surface area contributed by atoms with Gasteiger partial charge in [-0.1, -0.05) is 12.8 Å². The summed E-state index contributed by atoms with van der Waals surface area (Å²) in [6.07, 6.45) is 3.15. The maximum atomic E-state index is 11.6. The standard InChI is InChI=1S/C14H29N5O4/c15-14(16)18-9-4-2-1-3-7-11(21)19-13(23)12(22)17-8-5-6-10-20/h13,20,23H,1-10H2,(H,17,22)(H,19,21)(H4,15,16,18). The number of aliphatic imine (C=N–C) groups is 1. The zero-order chi connectivity index (χ0) is 17.5. The number of guanidine groups is 1. The molecule has 0 aromatic heterocycles. The topological polar surface area (TPSA) is 163 Å². The van der Waals surface area contributed by atoms with Crippen molar-refractivity contribution in [3.05, 3.63) is 0 Å². The van der Waals surface area contributed by atoms with Gasteiger partial charge in [0, 0.05) is 26.1 Å². The van der Waals surface area contributed by atoms with E-state index in [0.29, 0.717) is 32.4 Å². The molecule has 0 aliphatic rings. The maximum absolute atomic E-state index is 11.6. The van der Waals surface area contributed by atoms with Crippen LogP contribution in [0.2, 0.25) is 0 Å². The number of amides is 2. The van der Waals surface area contributed by atoms with Crippen LogP contribution in [-0.2, 0) is 9.59 Å². The Labute approximate surface area is 136 Å². The van der Waals surface area contributed by atoms with E-state index in [0.717, 1.165) is 19.3 Å². The lowest BCUT2D eigenvalue weighted by Crippen LogP contribution is -2.46. The minimum Gasteiger partial charge on any atom is -0.396 e. The van der Waals surface area contributed by atoms with Crippen LogP contribution in [0.3, 0.4) is 0 Å². The van der Waals surface area contributed by atoms with E-state index < -0.39 is 12.1 Å². The van der Waals surface area contributed by atoms with Crippen molar-refractivity contribution < 1.29 is 19.8 Å². The van der Waals surface area contributed by atoms with Gasteiger partial charge in [0.1, 0.15) is 0 Å². The minimum absolute atomic E-state index is 0.0567. The van der Waals surface area contributed by atoms with E-state index in [-0.39, 0.29) is 24.9 Å². The fourth-order valence-electron chi connectivity index (χ4n) is 1.79. The normalized spacial score (nSPS) is 11.6. The van der Waals surface area contributed by atoms with Gasteiger partial charge in [-0.2, -0.15) is 0 Å². The van der Waals surface area contributed by atoms with Crippen molar-refractivity contribution in [2.75, 3.05) is 19.7 Å². The first-order valence-electron chi connectivity index (χ1n) is 7.88. The Morgan fingerprint density at radius 2 is 1.74 bits per heavy atom. The molecule has 0 bridgehead atoms. The monoisotopic (exact) mass is 331 g/mol.